The first-order chi connectivity index (χ1) is 9.33. The van der Waals surface area contributed by atoms with Crippen LogP contribution in [0.3, 0.4) is 0 Å². The fourth-order valence-corrected chi connectivity index (χ4v) is 3.20. The zero-order valence-corrected chi connectivity index (χ0v) is 11.0. The summed E-state index contributed by atoms with van der Waals surface area (Å²) in [4.78, 5) is 2.24. The van der Waals surface area contributed by atoms with Crippen LogP contribution < -0.4 is 15.5 Å². The molecule has 4 rings (SSSR count). The highest BCUT2D eigenvalue weighted by molar-refractivity contribution is 5.79. The maximum Gasteiger partial charge on any atom is 0.148 e. The Balaban J connectivity index is 1.68. The predicted molar refractivity (Wildman–Crippen MR) is 74.7 cm³/mol. The van der Waals surface area contributed by atoms with Crippen LogP contribution in [0.4, 0.5) is 15.8 Å². The highest BCUT2D eigenvalue weighted by atomic mass is 19.1. The first-order valence-corrected chi connectivity index (χ1v) is 7.25. The van der Waals surface area contributed by atoms with Gasteiger partial charge in [0.05, 0.1) is 11.4 Å². The van der Waals surface area contributed by atoms with Crippen molar-refractivity contribution in [1.29, 1.82) is 0 Å². The third kappa shape index (κ3) is 1.98. The van der Waals surface area contributed by atoms with Crippen molar-refractivity contribution in [2.45, 2.75) is 37.6 Å². The molecule has 0 amide bonds. The van der Waals surface area contributed by atoms with Crippen molar-refractivity contribution in [1.82, 2.24) is 5.32 Å². The van der Waals surface area contributed by atoms with E-state index < -0.39 is 0 Å². The molecule has 0 bridgehead atoms. The Morgan fingerprint density at radius 3 is 2.63 bits per heavy atom. The van der Waals surface area contributed by atoms with Crippen LogP contribution >= 0.6 is 0 Å². The number of fused-ring (bicyclic) bond motifs is 1. The van der Waals surface area contributed by atoms with Crippen molar-refractivity contribution in [3.05, 3.63) is 30.2 Å². The van der Waals surface area contributed by atoms with Gasteiger partial charge in [-0.15, -0.1) is 0 Å². The Morgan fingerprint density at radius 1 is 1.11 bits per heavy atom. The first kappa shape index (κ1) is 11.5. The van der Waals surface area contributed by atoms with Crippen LogP contribution in [0.2, 0.25) is 0 Å². The molecule has 1 aliphatic carbocycles. The molecule has 0 unspecified atom stereocenters. The van der Waals surface area contributed by atoms with Crippen molar-refractivity contribution in [3.8, 4) is 0 Å². The normalized spacial score (nSPS) is 23.3. The Labute approximate surface area is 113 Å². The molecule has 2 fully saturated rings. The zero-order chi connectivity index (χ0) is 12.8. The molecule has 2 N–H and O–H groups in total. The van der Waals surface area contributed by atoms with Gasteiger partial charge in [0.1, 0.15) is 12.5 Å². The molecule has 4 heteroatoms. The maximum absolute atomic E-state index is 14.2. The van der Waals surface area contributed by atoms with Crippen molar-refractivity contribution < 1.29 is 4.39 Å². The van der Waals surface area contributed by atoms with Crippen LogP contribution in [0, 0.1) is 12.5 Å². The molecule has 1 aromatic carbocycles. The van der Waals surface area contributed by atoms with E-state index in [1.165, 1.54) is 18.4 Å². The third-order valence-corrected chi connectivity index (χ3v) is 4.47. The van der Waals surface area contributed by atoms with Gasteiger partial charge in [0.25, 0.3) is 0 Å². The van der Waals surface area contributed by atoms with Crippen molar-refractivity contribution >= 4 is 11.4 Å². The number of hydrogen-bond acceptors (Lipinski definition) is 3. The van der Waals surface area contributed by atoms with Gasteiger partial charge in [-0.1, -0.05) is 0 Å². The summed E-state index contributed by atoms with van der Waals surface area (Å²) in [6, 6.07) is 4.39. The van der Waals surface area contributed by atoms with Gasteiger partial charge in [-0.2, -0.15) is 0 Å². The molecule has 101 valence electrons. The number of piperidine rings is 1. The lowest BCUT2D eigenvalue weighted by Crippen LogP contribution is -2.41. The smallest absolute Gasteiger partial charge is 0.148 e. The van der Waals surface area contributed by atoms with E-state index in [-0.39, 0.29) is 5.82 Å². The number of anilines is 2. The molecule has 3 aliphatic rings. The number of rotatable bonds is 2. The quantitative estimate of drug-likeness (QED) is 0.856. The second-order valence-electron chi connectivity index (χ2n) is 5.83. The Kier molecular flexibility index (Phi) is 2.65. The number of benzene rings is 1. The maximum atomic E-state index is 14.2. The van der Waals surface area contributed by atoms with E-state index in [1.54, 1.807) is 6.07 Å². The average molecular weight is 260 g/mol. The molecule has 1 aromatic rings. The lowest BCUT2D eigenvalue weighted by Gasteiger charge is -2.32. The van der Waals surface area contributed by atoms with E-state index in [2.05, 4.69) is 21.6 Å². The first-order valence-electron chi connectivity index (χ1n) is 7.25. The minimum atomic E-state index is -0.105. The standard InChI is InChI=1S/C15H19FN3/c16-13-7-11(10-1-2-10)8-14-15(13)18-9-19(14)12-3-5-17-6-4-12/h7-10,12,17-18H,1-6H2. The Bertz CT molecular complexity index is 492. The minimum Gasteiger partial charge on any atom is -0.358 e. The topological polar surface area (TPSA) is 27.3 Å². The molecule has 2 aliphatic heterocycles. The fraction of sp³-hybridized carbons (Fsp3) is 0.533. The molecule has 1 saturated heterocycles. The van der Waals surface area contributed by atoms with Crippen LogP contribution in [0.5, 0.6) is 0 Å². The second kappa shape index (κ2) is 4.37. The van der Waals surface area contributed by atoms with Gasteiger partial charge >= 0.3 is 0 Å². The van der Waals surface area contributed by atoms with Gasteiger partial charge < -0.3 is 15.5 Å². The van der Waals surface area contributed by atoms with Gasteiger partial charge in [-0.25, -0.2) is 4.39 Å². The molecule has 0 spiro atoms. The van der Waals surface area contributed by atoms with Gasteiger partial charge in [-0.05, 0) is 62.4 Å². The largest absolute Gasteiger partial charge is 0.358 e. The van der Waals surface area contributed by atoms with E-state index in [9.17, 15) is 4.39 Å². The highest BCUT2D eigenvalue weighted by Gasteiger charge is 2.32. The summed E-state index contributed by atoms with van der Waals surface area (Å²) in [6.07, 6.45) is 4.66. The molecular weight excluding hydrogens is 241 g/mol. The van der Waals surface area contributed by atoms with Gasteiger partial charge in [0, 0.05) is 6.04 Å². The molecule has 19 heavy (non-hydrogen) atoms. The summed E-state index contributed by atoms with van der Waals surface area (Å²) in [5.74, 6) is 0.488. The monoisotopic (exact) mass is 260 g/mol. The summed E-state index contributed by atoms with van der Waals surface area (Å²) >= 11 is 0. The van der Waals surface area contributed by atoms with Crippen LogP contribution in [0.15, 0.2) is 12.1 Å². The van der Waals surface area contributed by atoms with E-state index in [4.69, 9.17) is 0 Å². The summed E-state index contributed by atoms with van der Waals surface area (Å²) in [5.41, 5.74) is 2.86. The van der Waals surface area contributed by atoms with Crippen LogP contribution in [-0.4, -0.2) is 19.1 Å². The Morgan fingerprint density at radius 2 is 1.89 bits per heavy atom. The van der Waals surface area contributed by atoms with Crippen molar-refractivity contribution in [2.75, 3.05) is 23.3 Å². The number of nitrogens with zero attached hydrogens (tertiary/aromatic N) is 1. The van der Waals surface area contributed by atoms with E-state index >= 15 is 0 Å². The molecule has 3 nitrogen and oxygen atoms in total. The van der Waals surface area contributed by atoms with E-state index in [0.717, 1.165) is 31.6 Å². The summed E-state index contributed by atoms with van der Waals surface area (Å²) in [6.45, 7) is 4.05. The molecule has 0 aromatic heterocycles. The number of nitrogens with one attached hydrogen (secondary N) is 2. The fourth-order valence-electron chi connectivity index (χ4n) is 3.20. The van der Waals surface area contributed by atoms with Gasteiger partial charge in [-0.3, -0.25) is 0 Å². The third-order valence-electron chi connectivity index (χ3n) is 4.47. The zero-order valence-electron chi connectivity index (χ0n) is 11.0. The van der Waals surface area contributed by atoms with Crippen LogP contribution in [-0.2, 0) is 0 Å². The average Bonchev–Trinajstić information content (AvgIpc) is 3.20. The minimum absolute atomic E-state index is 0.105. The summed E-state index contributed by atoms with van der Waals surface area (Å²) in [5, 5.41) is 6.49. The SMILES string of the molecule is Fc1cc(C2CC2)cc2c1N[CH]N2C1CCNCC1. The molecule has 1 saturated carbocycles. The van der Waals surface area contributed by atoms with Crippen LogP contribution in [0.25, 0.3) is 0 Å². The number of hydrogen-bond donors (Lipinski definition) is 2. The molecule has 1 radical (unpaired) electrons. The molecule has 2 heterocycles. The van der Waals surface area contributed by atoms with Crippen molar-refractivity contribution in [3.63, 3.8) is 0 Å². The second-order valence-corrected chi connectivity index (χ2v) is 5.83. The van der Waals surface area contributed by atoms with E-state index in [0.29, 0.717) is 17.6 Å². The molecule has 0 atom stereocenters. The summed E-state index contributed by atoms with van der Waals surface area (Å²) < 4.78 is 14.2. The lowest BCUT2D eigenvalue weighted by molar-refractivity contribution is 0.446. The summed E-state index contributed by atoms with van der Waals surface area (Å²) in [7, 11) is 0. The van der Waals surface area contributed by atoms with Crippen molar-refractivity contribution in [2.24, 2.45) is 0 Å². The van der Waals surface area contributed by atoms with E-state index in [1.807, 2.05) is 6.67 Å². The van der Waals surface area contributed by atoms with Gasteiger partial charge in [0.2, 0.25) is 0 Å². The Hall–Kier alpha value is -1.29. The number of halogens is 1. The highest BCUT2D eigenvalue weighted by Crippen LogP contribution is 2.46. The van der Waals surface area contributed by atoms with Gasteiger partial charge in [0.15, 0.2) is 0 Å². The lowest BCUT2D eigenvalue weighted by atomic mass is 10.0. The molecular formula is C15H19FN3. The predicted octanol–water partition coefficient (Wildman–Crippen LogP) is 2.81. The van der Waals surface area contributed by atoms with Crippen LogP contribution in [0.1, 0.15) is 37.2 Å².